The SMILES string of the molecule is CCOc1ccc(N2C[C@@H](C(=O)N3CCc4sccc4[C@H]3C)CC2=O)cc1. The van der Waals surface area contributed by atoms with Crippen LogP contribution in [0, 0.1) is 5.92 Å². The van der Waals surface area contributed by atoms with E-state index in [-0.39, 0.29) is 30.2 Å². The molecule has 2 atom stereocenters. The number of carbonyl (C=O) groups excluding carboxylic acids is 2. The van der Waals surface area contributed by atoms with Gasteiger partial charge in [-0.1, -0.05) is 0 Å². The number of hydrogen-bond donors (Lipinski definition) is 0. The van der Waals surface area contributed by atoms with Gasteiger partial charge in [0.15, 0.2) is 0 Å². The van der Waals surface area contributed by atoms with E-state index in [1.165, 1.54) is 10.4 Å². The molecule has 1 fully saturated rings. The second-order valence-corrected chi connectivity index (χ2v) is 8.09. The highest BCUT2D eigenvalue weighted by Crippen LogP contribution is 2.35. The summed E-state index contributed by atoms with van der Waals surface area (Å²) in [5.74, 6) is 0.625. The zero-order valence-electron chi connectivity index (χ0n) is 15.7. The maximum atomic E-state index is 13.1. The first-order chi connectivity index (χ1) is 13.1. The van der Waals surface area contributed by atoms with Gasteiger partial charge in [0.25, 0.3) is 0 Å². The first-order valence-corrected chi connectivity index (χ1v) is 10.4. The van der Waals surface area contributed by atoms with Gasteiger partial charge in [-0.15, -0.1) is 11.3 Å². The van der Waals surface area contributed by atoms with Crippen LogP contribution in [0.5, 0.6) is 5.75 Å². The van der Waals surface area contributed by atoms with E-state index >= 15 is 0 Å². The average molecular weight is 385 g/mol. The number of fused-ring (bicyclic) bond motifs is 1. The first kappa shape index (κ1) is 18.0. The Morgan fingerprint density at radius 3 is 2.78 bits per heavy atom. The minimum atomic E-state index is -0.272. The minimum absolute atomic E-state index is 0.0124. The molecule has 27 heavy (non-hydrogen) atoms. The third-order valence-corrected chi connectivity index (χ3v) is 6.49. The fraction of sp³-hybridized carbons (Fsp3) is 0.429. The smallest absolute Gasteiger partial charge is 0.228 e. The molecule has 2 aromatic rings. The summed E-state index contributed by atoms with van der Waals surface area (Å²) < 4.78 is 5.46. The van der Waals surface area contributed by atoms with Gasteiger partial charge in [-0.25, -0.2) is 0 Å². The van der Waals surface area contributed by atoms with Crippen LogP contribution >= 0.6 is 11.3 Å². The molecule has 0 radical (unpaired) electrons. The van der Waals surface area contributed by atoms with Crippen molar-refractivity contribution in [3.05, 3.63) is 46.2 Å². The number of hydrogen-bond acceptors (Lipinski definition) is 4. The fourth-order valence-electron chi connectivity index (χ4n) is 4.06. The molecule has 2 aliphatic rings. The summed E-state index contributed by atoms with van der Waals surface area (Å²) in [6.45, 7) is 5.82. The Balaban J connectivity index is 1.46. The maximum absolute atomic E-state index is 13.1. The maximum Gasteiger partial charge on any atom is 0.228 e. The Labute approximate surface area is 163 Å². The van der Waals surface area contributed by atoms with Gasteiger partial charge in [-0.05, 0) is 61.5 Å². The number of ether oxygens (including phenoxy) is 1. The van der Waals surface area contributed by atoms with Crippen LogP contribution in [0.1, 0.15) is 36.8 Å². The first-order valence-electron chi connectivity index (χ1n) is 9.48. The lowest BCUT2D eigenvalue weighted by Crippen LogP contribution is -2.42. The molecule has 0 unspecified atom stereocenters. The molecule has 142 valence electrons. The molecule has 0 saturated carbocycles. The highest BCUT2D eigenvalue weighted by atomic mass is 32.1. The van der Waals surface area contributed by atoms with E-state index < -0.39 is 0 Å². The van der Waals surface area contributed by atoms with Crippen molar-refractivity contribution >= 4 is 28.8 Å². The van der Waals surface area contributed by atoms with E-state index in [1.54, 1.807) is 16.2 Å². The molecular formula is C21H24N2O3S. The molecule has 0 bridgehead atoms. The lowest BCUT2D eigenvalue weighted by Gasteiger charge is -2.35. The molecule has 1 saturated heterocycles. The molecule has 4 rings (SSSR count). The average Bonchev–Trinajstić information content (AvgIpc) is 3.30. The van der Waals surface area contributed by atoms with Gasteiger partial charge in [0, 0.05) is 30.1 Å². The van der Waals surface area contributed by atoms with Crippen LogP contribution in [0.25, 0.3) is 0 Å². The van der Waals surface area contributed by atoms with Crippen molar-refractivity contribution in [2.24, 2.45) is 5.92 Å². The summed E-state index contributed by atoms with van der Waals surface area (Å²) in [6, 6.07) is 9.71. The zero-order chi connectivity index (χ0) is 19.0. The number of amides is 2. The van der Waals surface area contributed by atoms with Crippen LogP contribution in [-0.2, 0) is 16.0 Å². The van der Waals surface area contributed by atoms with Gasteiger partial charge >= 0.3 is 0 Å². The molecule has 2 aliphatic heterocycles. The Hall–Kier alpha value is -2.34. The van der Waals surface area contributed by atoms with Crippen molar-refractivity contribution < 1.29 is 14.3 Å². The van der Waals surface area contributed by atoms with Gasteiger partial charge in [0.1, 0.15) is 5.75 Å². The monoisotopic (exact) mass is 384 g/mol. The lowest BCUT2D eigenvalue weighted by molar-refractivity contribution is -0.138. The van der Waals surface area contributed by atoms with Crippen LogP contribution in [-0.4, -0.2) is 36.4 Å². The summed E-state index contributed by atoms with van der Waals surface area (Å²) >= 11 is 1.77. The second-order valence-electron chi connectivity index (χ2n) is 7.09. The highest BCUT2D eigenvalue weighted by Gasteiger charge is 2.39. The quantitative estimate of drug-likeness (QED) is 0.809. The predicted molar refractivity (Wildman–Crippen MR) is 106 cm³/mol. The van der Waals surface area contributed by atoms with Crippen LogP contribution in [0.15, 0.2) is 35.7 Å². The second kappa shape index (κ2) is 7.35. The van der Waals surface area contributed by atoms with Crippen LogP contribution in [0.2, 0.25) is 0 Å². The summed E-state index contributed by atoms with van der Waals surface area (Å²) in [5.41, 5.74) is 2.08. The number of nitrogens with zero attached hydrogens (tertiary/aromatic N) is 2. The summed E-state index contributed by atoms with van der Waals surface area (Å²) in [4.78, 5) is 30.7. The molecule has 0 aliphatic carbocycles. The number of thiophene rings is 1. The van der Waals surface area contributed by atoms with Crippen LogP contribution in [0.4, 0.5) is 5.69 Å². The standard InChI is InChI=1S/C21H24N2O3S/c1-3-26-17-6-4-16(5-7-17)23-13-15(12-20(23)24)21(25)22-10-8-19-18(14(22)2)9-11-27-19/h4-7,9,11,14-15H,3,8,10,12-13H2,1-2H3/t14-,15+/m1/s1. The van der Waals surface area contributed by atoms with Gasteiger partial charge < -0.3 is 14.5 Å². The number of rotatable bonds is 4. The third kappa shape index (κ3) is 3.34. The molecule has 5 nitrogen and oxygen atoms in total. The summed E-state index contributed by atoms with van der Waals surface area (Å²) in [7, 11) is 0. The van der Waals surface area contributed by atoms with E-state index in [0.717, 1.165) is 24.4 Å². The van der Waals surface area contributed by atoms with E-state index in [4.69, 9.17) is 4.74 Å². The molecule has 1 aromatic heterocycles. The number of benzene rings is 1. The Kier molecular flexibility index (Phi) is 4.91. The summed E-state index contributed by atoms with van der Waals surface area (Å²) in [5, 5.41) is 2.10. The molecular weight excluding hydrogens is 360 g/mol. The van der Waals surface area contributed by atoms with Gasteiger partial charge in [-0.3, -0.25) is 9.59 Å². The van der Waals surface area contributed by atoms with E-state index in [1.807, 2.05) is 36.1 Å². The van der Waals surface area contributed by atoms with Gasteiger partial charge in [-0.2, -0.15) is 0 Å². The normalized spacial score (nSPS) is 22.1. The molecule has 0 N–H and O–H groups in total. The van der Waals surface area contributed by atoms with Crippen LogP contribution < -0.4 is 9.64 Å². The van der Waals surface area contributed by atoms with Crippen molar-refractivity contribution in [1.82, 2.24) is 4.90 Å². The molecule has 3 heterocycles. The molecule has 2 amide bonds. The fourth-order valence-corrected chi connectivity index (χ4v) is 5.02. The molecule has 6 heteroatoms. The van der Waals surface area contributed by atoms with E-state index in [2.05, 4.69) is 18.4 Å². The zero-order valence-corrected chi connectivity index (χ0v) is 16.5. The number of carbonyl (C=O) groups is 2. The van der Waals surface area contributed by atoms with Crippen molar-refractivity contribution in [3.8, 4) is 5.75 Å². The highest BCUT2D eigenvalue weighted by molar-refractivity contribution is 7.10. The summed E-state index contributed by atoms with van der Waals surface area (Å²) in [6.07, 6.45) is 1.19. The van der Waals surface area contributed by atoms with Gasteiger partial charge in [0.05, 0.1) is 18.6 Å². The molecule has 0 spiro atoms. The Morgan fingerprint density at radius 2 is 2.04 bits per heavy atom. The third-order valence-electron chi connectivity index (χ3n) is 5.49. The lowest BCUT2D eigenvalue weighted by atomic mass is 9.98. The Morgan fingerprint density at radius 1 is 1.26 bits per heavy atom. The van der Waals surface area contributed by atoms with Crippen molar-refractivity contribution in [3.63, 3.8) is 0 Å². The van der Waals surface area contributed by atoms with E-state index in [9.17, 15) is 9.59 Å². The topological polar surface area (TPSA) is 49.9 Å². The van der Waals surface area contributed by atoms with E-state index in [0.29, 0.717) is 13.2 Å². The number of anilines is 1. The van der Waals surface area contributed by atoms with Crippen LogP contribution in [0.3, 0.4) is 0 Å². The Bertz CT molecular complexity index is 845. The van der Waals surface area contributed by atoms with Gasteiger partial charge in [0.2, 0.25) is 11.8 Å². The molecule has 1 aromatic carbocycles. The van der Waals surface area contributed by atoms with Crippen molar-refractivity contribution in [1.29, 1.82) is 0 Å². The van der Waals surface area contributed by atoms with Crippen molar-refractivity contribution in [2.45, 2.75) is 32.7 Å². The van der Waals surface area contributed by atoms with Crippen molar-refractivity contribution in [2.75, 3.05) is 24.6 Å². The predicted octanol–water partition coefficient (Wildman–Crippen LogP) is 3.65. The minimum Gasteiger partial charge on any atom is -0.494 e. The largest absolute Gasteiger partial charge is 0.494 e.